The minimum absolute atomic E-state index is 0.319. The van der Waals surface area contributed by atoms with E-state index in [9.17, 15) is 5.11 Å². The van der Waals surface area contributed by atoms with Crippen LogP contribution in [0.4, 0.5) is 0 Å². The van der Waals surface area contributed by atoms with E-state index in [-0.39, 0.29) is 6.10 Å². The van der Waals surface area contributed by atoms with Crippen molar-refractivity contribution >= 4 is 0 Å². The fraction of sp³-hybridized carbons (Fsp3) is 0.538. The van der Waals surface area contributed by atoms with Gasteiger partial charge in [-0.15, -0.1) is 0 Å². The van der Waals surface area contributed by atoms with Crippen molar-refractivity contribution in [3.63, 3.8) is 0 Å². The zero-order valence-electron chi connectivity index (χ0n) is 10.9. The molecule has 1 N–H and O–H groups in total. The van der Waals surface area contributed by atoms with Crippen LogP contribution >= 0.6 is 0 Å². The average molecular weight is 239 g/mol. The molecule has 0 amide bonds. The first-order valence-corrected chi connectivity index (χ1v) is 5.64. The Labute approximate surface area is 103 Å². The molecule has 0 radical (unpaired) electrons. The van der Waals surface area contributed by atoms with Gasteiger partial charge >= 0.3 is 0 Å². The maximum Gasteiger partial charge on any atom is 0.161 e. The van der Waals surface area contributed by atoms with Crippen LogP contribution in [0.1, 0.15) is 12.5 Å². The molecule has 0 aliphatic rings. The number of rotatable bonds is 6. The Kier molecular flexibility index (Phi) is 5.25. The molecule has 0 bridgehead atoms. The standard InChI is InChI=1S/C13H21NO3/c1-10(15)8-14(2)9-11-5-6-12(16-3)13(7-11)17-4/h5-7,10,15H,8-9H2,1-4H3/t10-/m1/s1. The molecule has 1 aromatic carbocycles. The number of hydrogen-bond acceptors (Lipinski definition) is 4. The van der Waals surface area contributed by atoms with Crippen LogP contribution in [0.25, 0.3) is 0 Å². The van der Waals surface area contributed by atoms with E-state index < -0.39 is 0 Å². The van der Waals surface area contributed by atoms with E-state index >= 15 is 0 Å². The largest absolute Gasteiger partial charge is 0.493 e. The Balaban J connectivity index is 2.72. The molecule has 0 aliphatic carbocycles. The van der Waals surface area contributed by atoms with Crippen molar-refractivity contribution < 1.29 is 14.6 Å². The Morgan fingerprint density at radius 3 is 2.41 bits per heavy atom. The van der Waals surface area contributed by atoms with Crippen molar-refractivity contribution in [2.45, 2.75) is 19.6 Å². The van der Waals surface area contributed by atoms with Gasteiger partial charge in [0.05, 0.1) is 20.3 Å². The van der Waals surface area contributed by atoms with Gasteiger partial charge < -0.3 is 14.6 Å². The predicted molar refractivity (Wildman–Crippen MR) is 67.6 cm³/mol. The molecule has 0 saturated carbocycles. The minimum Gasteiger partial charge on any atom is -0.493 e. The van der Waals surface area contributed by atoms with Crippen molar-refractivity contribution in [1.29, 1.82) is 0 Å². The molecule has 1 rings (SSSR count). The number of likely N-dealkylation sites (N-methyl/N-ethyl adjacent to an activating group) is 1. The summed E-state index contributed by atoms with van der Waals surface area (Å²) in [6.07, 6.45) is -0.319. The summed E-state index contributed by atoms with van der Waals surface area (Å²) in [6.45, 7) is 3.20. The maximum absolute atomic E-state index is 9.30. The molecule has 96 valence electrons. The van der Waals surface area contributed by atoms with Crippen LogP contribution in [0.3, 0.4) is 0 Å². The van der Waals surface area contributed by atoms with E-state index in [0.717, 1.165) is 23.6 Å². The Bertz CT molecular complexity index is 353. The molecule has 0 spiro atoms. The molecule has 4 nitrogen and oxygen atoms in total. The van der Waals surface area contributed by atoms with Gasteiger partial charge in [-0.3, -0.25) is 4.90 Å². The molecule has 4 heteroatoms. The lowest BCUT2D eigenvalue weighted by Gasteiger charge is -2.19. The molecule has 0 aliphatic heterocycles. The highest BCUT2D eigenvalue weighted by Gasteiger charge is 2.07. The summed E-state index contributed by atoms with van der Waals surface area (Å²) in [4.78, 5) is 2.06. The van der Waals surface area contributed by atoms with Gasteiger partial charge in [-0.05, 0) is 31.7 Å². The molecule has 0 aromatic heterocycles. The molecule has 0 unspecified atom stereocenters. The summed E-state index contributed by atoms with van der Waals surface area (Å²) in [5.41, 5.74) is 1.13. The summed E-state index contributed by atoms with van der Waals surface area (Å²) in [5, 5.41) is 9.30. The average Bonchev–Trinajstić information content (AvgIpc) is 2.27. The fourth-order valence-electron chi connectivity index (χ4n) is 1.81. The SMILES string of the molecule is COc1ccc(CN(C)C[C@@H](C)O)cc1OC. The van der Waals surface area contributed by atoms with Gasteiger partial charge in [-0.1, -0.05) is 6.07 Å². The number of ether oxygens (including phenoxy) is 2. The highest BCUT2D eigenvalue weighted by Crippen LogP contribution is 2.27. The van der Waals surface area contributed by atoms with Crippen LogP contribution in [0, 0.1) is 0 Å². The Hall–Kier alpha value is -1.26. The Morgan fingerprint density at radius 2 is 1.88 bits per heavy atom. The maximum atomic E-state index is 9.30. The zero-order valence-corrected chi connectivity index (χ0v) is 10.9. The second-order valence-electron chi connectivity index (χ2n) is 4.24. The monoisotopic (exact) mass is 239 g/mol. The topological polar surface area (TPSA) is 41.9 Å². The third-order valence-corrected chi connectivity index (χ3v) is 2.48. The summed E-state index contributed by atoms with van der Waals surface area (Å²) in [5.74, 6) is 1.46. The lowest BCUT2D eigenvalue weighted by atomic mass is 10.2. The smallest absolute Gasteiger partial charge is 0.161 e. The van der Waals surface area contributed by atoms with Gasteiger partial charge in [0.1, 0.15) is 0 Å². The van der Waals surface area contributed by atoms with Crippen LogP contribution in [-0.4, -0.2) is 43.9 Å². The van der Waals surface area contributed by atoms with E-state index in [1.54, 1.807) is 21.1 Å². The highest BCUT2D eigenvalue weighted by atomic mass is 16.5. The number of hydrogen-bond donors (Lipinski definition) is 1. The van der Waals surface area contributed by atoms with E-state index in [0.29, 0.717) is 6.54 Å². The summed E-state index contributed by atoms with van der Waals surface area (Å²) < 4.78 is 10.4. The highest BCUT2D eigenvalue weighted by molar-refractivity contribution is 5.42. The summed E-state index contributed by atoms with van der Waals surface area (Å²) >= 11 is 0. The third-order valence-electron chi connectivity index (χ3n) is 2.48. The number of aliphatic hydroxyl groups excluding tert-OH is 1. The van der Waals surface area contributed by atoms with Gasteiger partial charge in [0.25, 0.3) is 0 Å². The van der Waals surface area contributed by atoms with Gasteiger partial charge in [-0.2, -0.15) is 0 Å². The van der Waals surface area contributed by atoms with Crippen molar-refractivity contribution in [2.24, 2.45) is 0 Å². The molecule has 0 fully saturated rings. The van der Waals surface area contributed by atoms with Crippen LogP contribution in [0.2, 0.25) is 0 Å². The first-order chi connectivity index (χ1) is 8.06. The van der Waals surface area contributed by atoms with Crippen molar-refractivity contribution in [3.05, 3.63) is 23.8 Å². The van der Waals surface area contributed by atoms with E-state index in [2.05, 4.69) is 4.90 Å². The van der Waals surface area contributed by atoms with Crippen molar-refractivity contribution in [3.8, 4) is 11.5 Å². The van der Waals surface area contributed by atoms with Gasteiger partial charge in [0.15, 0.2) is 11.5 Å². The number of nitrogens with zero attached hydrogens (tertiary/aromatic N) is 1. The minimum atomic E-state index is -0.319. The van der Waals surface area contributed by atoms with E-state index in [1.165, 1.54) is 0 Å². The summed E-state index contributed by atoms with van der Waals surface area (Å²) in [7, 11) is 5.22. The van der Waals surface area contributed by atoms with Crippen molar-refractivity contribution in [2.75, 3.05) is 27.8 Å². The molecule has 0 heterocycles. The lowest BCUT2D eigenvalue weighted by Crippen LogP contribution is -2.26. The quantitative estimate of drug-likeness (QED) is 0.817. The first kappa shape index (κ1) is 13.8. The van der Waals surface area contributed by atoms with E-state index in [4.69, 9.17) is 9.47 Å². The predicted octanol–water partition coefficient (Wildman–Crippen LogP) is 1.52. The van der Waals surface area contributed by atoms with Crippen LogP contribution in [0.15, 0.2) is 18.2 Å². The van der Waals surface area contributed by atoms with E-state index in [1.807, 2.05) is 25.2 Å². The number of aliphatic hydroxyl groups is 1. The lowest BCUT2D eigenvalue weighted by molar-refractivity contribution is 0.138. The van der Waals surface area contributed by atoms with Crippen LogP contribution < -0.4 is 9.47 Å². The van der Waals surface area contributed by atoms with Gasteiger partial charge in [-0.25, -0.2) is 0 Å². The van der Waals surface area contributed by atoms with Crippen LogP contribution in [-0.2, 0) is 6.54 Å². The third kappa shape index (κ3) is 4.24. The molecule has 17 heavy (non-hydrogen) atoms. The number of methoxy groups -OCH3 is 2. The fourth-order valence-corrected chi connectivity index (χ4v) is 1.81. The van der Waals surface area contributed by atoms with Gasteiger partial charge in [0.2, 0.25) is 0 Å². The first-order valence-electron chi connectivity index (χ1n) is 5.64. The Morgan fingerprint density at radius 1 is 1.24 bits per heavy atom. The number of benzene rings is 1. The second kappa shape index (κ2) is 6.47. The molecule has 1 aromatic rings. The molecular weight excluding hydrogens is 218 g/mol. The molecule has 1 atom stereocenters. The molecular formula is C13H21NO3. The summed E-state index contributed by atoms with van der Waals surface area (Å²) in [6, 6.07) is 5.85. The van der Waals surface area contributed by atoms with Crippen molar-refractivity contribution in [1.82, 2.24) is 4.90 Å². The van der Waals surface area contributed by atoms with Crippen LogP contribution in [0.5, 0.6) is 11.5 Å². The second-order valence-corrected chi connectivity index (χ2v) is 4.24. The van der Waals surface area contributed by atoms with Gasteiger partial charge in [0, 0.05) is 13.1 Å². The molecule has 0 saturated heterocycles. The zero-order chi connectivity index (χ0) is 12.8. The normalized spacial score (nSPS) is 12.6.